The minimum absolute atomic E-state index is 0.0712. The zero-order valence-corrected chi connectivity index (χ0v) is 14.6. The van der Waals surface area contributed by atoms with Crippen LogP contribution in [-0.4, -0.2) is 35.6 Å². The molecular weight excluding hydrogens is 320 g/mol. The lowest BCUT2D eigenvalue weighted by Gasteiger charge is -2.28. The van der Waals surface area contributed by atoms with E-state index in [-0.39, 0.29) is 12.1 Å². The second-order valence-corrected chi connectivity index (χ2v) is 6.97. The van der Waals surface area contributed by atoms with E-state index >= 15 is 0 Å². The molecule has 2 aromatic rings. The van der Waals surface area contributed by atoms with E-state index < -0.39 is 0 Å². The van der Waals surface area contributed by atoms with Gasteiger partial charge in [0.05, 0.1) is 6.04 Å². The van der Waals surface area contributed by atoms with Crippen molar-refractivity contribution in [1.82, 2.24) is 10.3 Å². The summed E-state index contributed by atoms with van der Waals surface area (Å²) in [5, 5.41) is 5.82. The van der Waals surface area contributed by atoms with Gasteiger partial charge in [0.25, 0.3) is 0 Å². The molecular formula is C18H22N4OS. The maximum atomic E-state index is 12.1. The highest BCUT2D eigenvalue weighted by atomic mass is 32.2. The molecule has 0 saturated carbocycles. The fourth-order valence-corrected chi connectivity index (χ4v) is 3.58. The summed E-state index contributed by atoms with van der Waals surface area (Å²) in [7, 11) is 0. The standard InChI is InChI=1S/C18H22N4OS/c1-14(15-6-8-19-9-7-15)20-18(23)21-16-2-4-17(5-3-16)22-10-12-24-13-11-22/h2-9,14H,10-13H2,1H3,(H2,20,21,23)/t14-/m1/s1. The summed E-state index contributed by atoms with van der Waals surface area (Å²) in [5.74, 6) is 2.35. The largest absolute Gasteiger partial charge is 0.370 e. The van der Waals surface area contributed by atoms with E-state index in [1.165, 1.54) is 17.2 Å². The molecule has 0 bridgehead atoms. The predicted molar refractivity (Wildman–Crippen MR) is 101 cm³/mol. The molecule has 1 aromatic heterocycles. The summed E-state index contributed by atoms with van der Waals surface area (Å²) in [4.78, 5) is 18.5. The van der Waals surface area contributed by atoms with Crippen LogP contribution in [0.4, 0.5) is 16.2 Å². The van der Waals surface area contributed by atoms with E-state index in [0.29, 0.717) is 0 Å². The lowest BCUT2D eigenvalue weighted by atomic mass is 10.1. The number of amides is 2. The van der Waals surface area contributed by atoms with Crippen LogP contribution < -0.4 is 15.5 Å². The first-order valence-electron chi connectivity index (χ1n) is 8.12. The molecule has 0 aliphatic carbocycles. The zero-order chi connectivity index (χ0) is 16.8. The highest BCUT2D eigenvalue weighted by Gasteiger charge is 2.12. The number of urea groups is 1. The molecule has 2 amide bonds. The fraction of sp³-hybridized carbons (Fsp3) is 0.333. The number of carbonyl (C=O) groups is 1. The van der Waals surface area contributed by atoms with Crippen molar-refractivity contribution in [1.29, 1.82) is 0 Å². The van der Waals surface area contributed by atoms with Gasteiger partial charge in [-0.25, -0.2) is 4.79 Å². The maximum absolute atomic E-state index is 12.1. The minimum Gasteiger partial charge on any atom is -0.370 e. The number of hydrogen-bond donors (Lipinski definition) is 2. The summed E-state index contributed by atoms with van der Waals surface area (Å²) in [6.45, 7) is 4.12. The number of nitrogens with zero attached hydrogens (tertiary/aromatic N) is 2. The molecule has 2 N–H and O–H groups in total. The van der Waals surface area contributed by atoms with Crippen molar-refractivity contribution in [2.24, 2.45) is 0 Å². The molecule has 1 fully saturated rings. The Labute approximate surface area is 146 Å². The van der Waals surface area contributed by atoms with Crippen LogP contribution in [0.25, 0.3) is 0 Å². The molecule has 0 radical (unpaired) electrons. The smallest absolute Gasteiger partial charge is 0.319 e. The van der Waals surface area contributed by atoms with E-state index in [2.05, 4.69) is 32.7 Å². The Morgan fingerprint density at radius 3 is 2.46 bits per heavy atom. The third kappa shape index (κ3) is 4.41. The van der Waals surface area contributed by atoms with Gasteiger partial charge in [-0.3, -0.25) is 4.98 Å². The molecule has 126 valence electrons. The second-order valence-electron chi connectivity index (χ2n) is 5.75. The van der Waals surface area contributed by atoms with Gasteiger partial charge in [0, 0.05) is 48.4 Å². The van der Waals surface area contributed by atoms with Gasteiger partial charge in [-0.2, -0.15) is 11.8 Å². The Morgan fingerprint density at radius 1 is 1.12 bits per heavy atom. The van der Waals surface area contributed by atoms with E-state index in [0.717, 1.165) is 24.3 Å². The molecule has 1 atom stereocenters. The van der Waals surface area contributed by atoms with Crippen LogP contribution in [-0.2, 0) is 0 Å². The van der Waals surface area contributed by atoms with Crippen molar-refractivity contribution >= 4 is 29.2 Å². The van der Waals surface area contributed by atoms with Gasteiger partial charge in [0.2, 0.25) is 0 Å². The number of rotatable bonds is 4. The minimum atomic E-state index is -0.207. The van der Waals surface area contributed by atoms with Crippen LogP contribution in [0.1, 0.15) is 18.5 Å². The monoisotopic (exact) mass is 342 g/mol. The Morgan fingerprint density at radius 2 is 1.79 bits per heavy atom. The number of aromatic nitrogens is 1. The normalized spacial score (nSPS) is 15.6. The summed E-state index contributed by atoms with van der Waals surface area (Å²) in [5.41, 5.74) is 3.04. The molecule has 1 saturated heterocycles. The lowest BCUT2D eigenvalue weighted by molar-refractivity contribution is 0.249. The zero-order valence-electron chi connectivity index (χ0n) is 13.7. The first-order chi connectivity index (χ1) is 11.7. The third-order valence-corrected chi connectivity index (χ3v) is 5.00. The fourth-order valence-electron chi connectivity index (χ4n) is 2.68. The lowest BCUT2D eigenvalue weighted by Crippen LogP contribution is -2.32. The van der Waals surface area contributed by atoms with Crippen molar-refractivity contribution in [3.05, 3.63) is 54.4 Å². The highest BCUT2D eigenvalue weighted by Crippen LogP contribution is 2.21. The molecule has 1 aliphatic rings. The maximum Gasteiger partial charge on any atom is 0.319 e. The Balaban J connectivity index is 1.54. The molecule has 6 heteroatoms. The quantitative estimate of drug-likeness (QED) is 0.893. The van der Waals surface area contributed by atoms with Crippen molar-refractivity contribution < 1.29 is 4.79 Å². The Hall–Kier alpha value is -2.21. The number of thioether (sulfide) groups is 1. The summed E-state index contributed by atoms with van der Waals surface area (Å²) in [6, 6.07) is 11.6. The van der Waals surface area contributed by atoms with Gasteiger partial charge in [-0.05, 0) is 48.9 Å². The number of benzene rings is 1. The van der Waals surface area contributed by atoms with Gasteiger partial charge >= 0.3 is 6.03 Å². The first kappa shape index (κ1) is 16.6. The summed E-state index contributed by atoms with van der Waals surface area (Å²) in [6.07, 6.45) is 3.45. The van der Waals surface area contributed by atoms with Crippen molar-refractivity contribution in [3.63, 3.8) is 0 Å². The number of pyridine rings is 1. The van der Waals surface area contributed by atoms with Gasteiger partial charge < -0.3 is 15.5 Å². The molecule has 5 nitrogen and oxygen atoms in total. The van der Waals surface area contributed by atoms with Gasteiger partial charge in [0.15, 0.2) is 0 Å². The van der Waals surface area contributed by atoms with Crippen LogP contribution in [0.2, 0.25) is 0 Å². The molecule has 1 aliphatic heterocycles. The summed E-state index contributed by atoms with van der Waals surface area (Å²) >= 11 is 2.00. The van der Waals surface area contributed by atoms with E-state index in [9.17, 15) is 4.79 Å². The molecule has 0 spiro atoms. The van der Waals surface area contributed by atoms with Gasteiger partial charge in [0.1, 0.15) is 0 Å². The average Bonchev–Trinajstić information content (AvgIpc) is 2.64. The molecule has 1 aromatic carbocycles. The Kier molecular flexibility index (Phi) is 5.59. The first-order valence-corrected chi connectivity index (χ1v) is 9.28. The highest BCUT2D eigenvalue weighted by molar-refractivity contribution is 7.99. The molecule has 24 heavy (non-hydrogen) atoms. The number of anilines is 2. The number of hydrogen-bond acceptors (Lipinski definition) is 4. The van der Waals surface area contributed by atoms with Gasteiger partial charge in [-0.1, -0.05) is 0 Å². The molecule has 0 unspecified atom stereocenters. The number of nitrogens with one attached hydrogen (secondary N) is 2. The average molecular weight is 342 g/mol. The van der Waals surface area contributed by atoms with E-state index in [4.69, 9.17) is 0 Å². The Bertz CT molecular complexity index is 656. The van der Waals surface area contributed by atoms with Crippen LogP contribution in [0, 0.1) is 0 Å². The molecule has 2 heterocycles. The van der Waals surface area contributed by atoms with Crippen molar-refractivity contribution in [2.75, 3.05) is 34.8 Å². The SMILES string of the molecule is C[C@@H](NC(=O)Nc1ccc(N2CCSCC2)cc1)c1ccncc1. The topological polar surface area (TPSA) is 57.3 Å². The third-order valence-electron chi connectivity index (χ3n) is 4.06. The van der Waals surface area contributed by atoms with E-state index in [1.54, 1.807) is 12.4 Å². The van der Waals surface area contributed by atoms with E-state index in [1.807, 2.05) is 43.0 Å². The van der Waals surface area contributed by atoms with Crippen LogP contribution in [0.5, 0.6) is 0 Å². The summed E-state index contributed by atoms with van der Waals surface area (Å²) < 4.78 is 0. The van der Waals surface area contributed by atoms with Crippen LogP contribution in [0.3, 0.4) is 0 Å². The van der Waals surface area contributed by atoms with Crippen molar-refractivity contribution in [2.45, 2.75) is 13.0 Å². The van der Waals surface area contributed by atoms with Gasteiger partial charge in [-0.15, -0.1) is 0 Å². The van der Waals surface area contributed by atoms with Crippen molar-refractivity contribution in [3.8, 4) is 0 Å². The van der Waals surface area contributed by atoms with Crippen LogP contribution >= 0.6 is 11.8 Å². The van der Waals surface area contributed by atoms with Crippen LogP contribution in [0.15, 0.2) is 48.8 Å². The number of carbonyl (C=O) groups excluding carboxylic acids is 1. The molecule has 3 rings (SSSR count). The second kappa shape index (κ2) is 8.06. The predicted octanol–water partition coefficient (Wildman–Crippen LogP) is 3.52.